The number of halogens is 6. The summed E-state index contributed by atoms with van der Waals surface area (Å²) in [5, 5.41) is 29.6. The molecule has 644 valence electrons. The number of amides is 2. The van der Waals surface area contributed by atoms with E-state index in [0.717, 1.165) is 64.3 Å². The summed E-state index contributed by atoms with van der Waals surface area (Å²) >= 11 is 7.79. The molecule has 0 spiro atoms. The zero-order valence-electron chi connectivity index (χ0n) is 68.8. The predicted molar refractivity (Wildman–Crippen MR) is 498 cm³/mol. The van der Waals surface area contributed by atoms with Crippen molar-refractivity contribution in [3.05, 3.63) is 210 Å². The SMILES string of the molecule is C.C.C.C.CC(C)Cl.CCC(=O)c1cc(C(C)C)c(C)o1.CCC(=O)c1ccc(C)o1.CCC(N)c1cc(C(C)C)c(C)o1.CC[C@@H](Nc1c(Nc2cccc(C(=O)N(C)C)c2O)c(=O)c1=O)c1cc(C(C)C)c(C)o1.CC[C@@H]([NH3+])c1cc(C(C)C)c(C)o1.Cc1c(Nc2cccc(C(=O)N(C)C)c2O)c(=O)c1=O.II.[Cl][Al]([Cl])[Cl]. The third-order valence-corrected chi connectivity index (χ3v) is 17.0. The van der Waals surface area contributed by atoms with Gasteiger partial charge in [0.05, 0.1) is 40.3 Å². The molecular weight excluding hydrogens is 1790 g/mol. The maximum absolute atomic E-state index is 12.3. The van der Waals surface area contributed by atoms with Crippen LogP contribution in [0.25, 0.3) is 0 Å². The molecule has 9 rings (SSSR count). The van der Waals surface area contributed by atoms with Crippen molar-refractivity contribution in [2.24, 2.45) is 5.73 Å². The van der Waals surface area contributed by atoms with Crippen LogP contribution in [0.1, 0.15) is 323 Å². The van der Waals surface area contributed by atoms with Crippen LogP contribution in [0, 0.1) is 41.5 Å². The second-order valence-corrected chi connectivity index (χ2v) is 35.1. The van der Waals surface area contributed by atoms with Crippen LogP contribution in [0.3, 0.4) is 0 Å². The number of nitrogens with one attached hydrogen (secondary N) is 3. The average Bonchev–Trinajstić information content (AvgIpc) is 1.38. The maximum Gasteiger partial charge on any atom is 0.643 e. The fourth-order valence-electron chi connectivity index (χ4n) is 10.6. The van der Waals surface area contributed by atoms with E-state index in [9.17, 15) is 48.6 Å². The Morgan fingerprint density at radius 1 is 0.496 bits per heavy atom. The molecule has 0 saturated carbocycles. The monoisotopic (exact) mass is 1920 g/mol. The Balaban J connectivity index is -0.000000650. The number of quaternary nitrogens is 1. The van der Waals surface area contributed by atoms with Gasteiger partial charge in [-0.25, -0.2) is 30.1 Å². The van der Waals surface area contributed by atoms with Crippen molar-refractivity contribution < 1.29 is 57.2 Å². The zero-order valence-corrected chi connectivity index (χ0v) is 77.3. The minimum absolute atomic E-state index is 0. The lowest BCUT2D eigenvalue weighted by Gasteiger charge is -2.21. The number of phenolic OH excluding ortho intramolecular Hbond substituents is 2. The van der Waals surface area contributed by atoms with Crippen LogP contribution >= 0.6 is 79.0 Å². The summed E-state index contributed by atoms with van der Waals surface area (Å²) in [7, 11) is 21.1. The lowest BCUT2D eigenvalue weighted by atomic mass is 10.0. The van der Waals surface area contributed by atoms with E-state index in [1.165, 1.54) is 52.1 Å². The number of Topliss-reactive ketones (excluding diaryl/α,β-unsaturated/α-hetero) is 2. The summed E-state index contributed by atoms with van der Waals surface area (Å²) in [5.41, 5.74) is 13.5. The quantitative estimate of drug-likeness (QED) is 0.00827. The molecule has 10 N–H and O–H groups in total. The van der Waals surface area contributed by atoms with Crippen molar-refractivity contribution in [2.75, 3.05) is 44.1 Å². The standard InChI is InChI=1S/C24H29N3O5.C14H14N2O4.2C11H19NO.C11H16O2.C8H10O2.C3H7Cl.4CH4.Al.3ClH.I2/c1-7-16(18-11-15(12(2)3)13(4)32-18)25-19-20(23(30)22(19)29)26-17-10-8-9-14(21(17)28)24(31)27(5)6;1-7-10(13(19)11(7)17)15-9-6-4-5-8(12(9)18)14(20)16(2)3;3*1-5-10(12)11-6-9(7(2)3)8(4)13-11;1-3-7(9)8-5-4-6(2)10-8;1-3(2)4;;;;;;;;;1-2/h8-12,16,25-26,28H,7H2,1-6H3;4-6,15,18H,1-3H3;2*6-7,10H,5,12H2,1-4H3;6-7H,5H2,1-4H3;4-5H,3H2,1-2H3;3H,1-2H3;4*1H4;;3*1H;/q;;;;;;;;;;;+3;;;;/p-2/t16-;;10-;;;;;;;;;;;;;/m1.1............./s1. The molecule has 29 heteroatoms. The molecule has 0 bridgehead atoms. The maximum atomic E-state index is 12.3. The van der Waals surface area contributed by atoms with E-state index in [0.29, 0.717) is 77.2 Å². The number of nitrogens with zero attached hydrogens (tertiary/aromatic N) is 2. The number of rotatable bonds is 22. The lowest BCUT2D eigenvalue weighted by Crippen LogP contribution is -2.52. The highest BCUT2D eigenvalue weighted by Crippen LogP contribution is 2.36. The Morgan fingerprint density at radius 2 is 0.843 bits per heavy atom. The first kappa shape index (κ1) is 115. The Kier molecular flexibility index (Phi) is 55.8. The largest absolute Gasteiger partial charge is 0.643 e. The van der Waals surface area contributed by atoms with Crippen LogP contribution in [-0.4, -0.2) is 88.3 Å². The van der Waals surface area contributed by atoms with E-state index in [2.05, 4.69) is 140 Å². The van der Waals surface area contributed by atoms with Gasteiger partial charge in [0, 0.05) is 95.6 Å². The number of aryl methyl sites for hydroxylation is 5. The van der Waals surface area contributed by atoms with Gasteiger partial charge in [0.2, 0.25) is 10.9 Å². The molecule has 0 radical (unpaired) electrons. The first-order chi connectivity index (χ1) is 51.8. The number of benzene rings is 2. The van der Waals surface area contributed by atoms with Crippen LogP contribution in [0.4, 0.5) is 28.4 Å². The Labute approximate surface area is 729 Å². The minimum Gasteiger partial charge on any atom is -0.505 e. The van der Waals surface area contributed by atoms with E-state index in [4.69, 9.17) is 69.6 Å². The van der Waals surface area contributed by atoms with Gasteiger partial charge in [0.15, 0.2) is 40.3 Å². The molecule has 0 fully saturated rings. The number of carbonyl (C=O) groups excluding carboxylic acids is 4. The molecule has 4 aromatic carbocycles. The number of carbonyl (C=O) groups is 4. The molecule has 0 saturated heterocycles. The summed E-state index contributed by atoms with van der Waals surface area (Å²) in [6, 6.07) is 20.8. The second kappa shape index (κ2) is 55.9. The van der Waals surface area contributed by atoms with Crippen LogP contribution < -0.4 is 49.1 Å². The molecule has 22 nitrogen and oxygen atoms in total. The highest BCUT2D eigenvalue weighted by atomic mass is 128. The van der Waals surface area contributed by atoms with E-state index < -0.39 is 33.1 Å². The van der Waals surface area contributed by atoms with E-state index in [-0.39, 0.29) is 116 Å². The van der Waals surface area contributed by atoms with Gasteiger partial charge in [-0.15, -0.1) is 11.6 Å². The first-order valence-corrected chi connectivity index (χ1v) is 48.6. The van der Waals surface area contributed by atoms with Crippen molar-refractivity contribution in [1.82, 2.24) is 9.80 Å². The highest BCUT2D eigenvalue weighted by molar-refractivity contribution is 15.0. The van der Waals surface area contributed by atoms with Gasteiger partial charge < -0.3 is 69.5 Å². The van der Waals surface area contributed by atoms with E-state index in [1.807, 2.05) is 81.4 Å². The molecule has 1 unspecified atom stereocenters. The molecule has 5 aromatic heterocycles. The first-order valence-electron chi connectivity index (χ1n) is 36.6. The number of aromatic hydroxyl groups is 2. The van der Waals surface area contributed by atoms with Gasteiger partial charge in [0.25, 0.3) is 22.7 Å². The van der Waals surface area contributed by atoms with Gasteiger partial charge in [-0.2, -0.15) is 0 Å². The summed E-state index contributed by atoms with van der Waals surface area (Å²) in [6.45, 7) is 41.9. The van der Waals surface area contributed by atoms with Crippen molar-refractivity contribution in [1.29, 1.82) is 0 Å². The van der Waals surface area contributed by atoms with Gasteiger partial charge in [-0.05, 0) is 175 Å². The predicted octanol–water partition coefficient (Wildman–Crippen LogP) is 23.4. The van der Waals surface area contributed by atoms with Gasteiger partial charge in [-0.3, -0.25) is 38.4 Å². The minimum atomic E-state index is -1.72. The molecule has 2 amide bonds. The van der Waals surface area contributed by atoms with E-state index >= 15 is 0 Å². The number of ketones is 2. The van der Waals surface area contributed by atoms with E-state index in [1.54, 1.807) is 52.5 Å². The zero-order chi connectivity index (χ0) is 85.5. The summed E-state index contributed by atoms with van der Waals surface area (Å²) in [5.74, 6) is 8.80. The summed E-state index contributed by atoms with van der Waals surface area (Å²) in [4.78, 5) is 96.2. The fraction of sp³-hybridized carbons (Fsp3) is 0.488. The van der Waals surface area contributed by atoms with Crippen LogP contribution in [-0.2, 0) is 0 Å². The molecule has 0 aliphatic heterocycles. The normalized spacial score (nSPS) is 11.0. The van der Waals surface area contributed by atoms with Crippen molar-refractivity contribution in [2.45, 2.75) is 254 Å². The molecule has 0 aliphatic rings. The van der Waals surface area contributed by atoms with Gasteiger partial charge in [0.1, 0.15) is 57.7 Å². The molecule has 3 atom stereocenters. The average molecular weight is 1930 g/mol. The number of para-hydroxylation sites is 2. The third kappa shape index (κ3) is 35.1. The molecule has 115 heavy (non-hydrogen) atoms. The molecule has 5 heterocycles. The number of hydrogen-bond acceptors (Lipinski definition) is 19. The number of phenols is 2. The third-order valence-electron chi connectivity index (χ3n) is 17.0. The number of nitrogens with two attached hydrogens (primary N) is 1. The van der Waals surface area contributed by atoms with Crippen LogP contribution in [0.2, 0.25) is 0 Å². The Bertz CT molecular complexity index is 4480. The van der Waals surface area contributed by atoms with Crippen molar-refractivity contribution >= 4 is 142 Å². The highest BCUT2D eigenvalue weighted by Gasteiger charge is 2.29. The topological polar surface area (TPSA) is 339 Å². The Hall–Kier alpha value is -6.65. The lowest BCUT2D eigenvalue weighted by molar-refractivity contribution is -0.431. The van der Waals surface area contributed by atoms with Crippen LogP contribution in [0.5, 0.6) is 11.5 Å². The summed E-state index contributed by atoms with van der Waals surface area (Å²) in [6.07, 6.45) is 3.59. The number of alkyl halides is 1. The summed E-state index contributed by atoms with van der Waals surface area (Å²) < 4.78 is 27.6. The van der Waals surface area contributed by atoms with Crippen molar-refractivity contribution in [3.63, 3.8) is 0 Å². The second-order valence-electron chi connectivity index (χ2n) is 27.8. The number of furan rings is 5. The fourth-order valence-corrected chi connectivity index (χ4v) is 10.6. The molecule has 0 aliphatic carbocycles. The molecule has 9 aromatic rings. The Morgan fingerprint density at radius 3 is 1.18 bits per heavy atom. The smallest absolute Gasteiger partial charge is 0.505 e. The number of anilines is 5. The van der Waals surface area contributed by atoms with Crippen LogP contribution in [0.15, 0.2) is 114 Å². The van der Waals surface area contributed by atoms with Crippen molar-refractivity contribution in [3.8, 4) is 11.5 Å². The number of hydrogen-bond donors (Lipinski definition) is 7. The van der Waals surface area contributed by atoms with Gasteiger partial charge in [-0.1, -0.05) is 132 Å². The molecular formula is C86H131AlCl4I2N7O15+. The van der Waals surface area contributed by atoms with Gasteiger partial charge >= 0.3 is 11.4 Å².